The molecule has 2 heterocycles. The SMILES string of the molecule is Cc1oc(C(=O)N/C(=C/c2ccccc2C(F)(F)F)CN)cc1-c1ccnn1C. The molecule has 0 saturated carbocycles. The first kappa shape index (κ1) is 20.4. The Morgan fingerprint density at radius 3 is 2.66 bits per heavy atom. The van der Waals surface area contributed by atoms with Crippen molar-refractivity contribution in [1.29, 1.82) is 0 Å². The molecular weight excluding hydrogens is 385 g/mol. The van der Waals surface area contributed by atoms with Gasteiger partial charge in [-0.25, -0.2) is 0 Å². The Labute approximate surface area is 164 Å². The molecule has 0 fully saturated rings. The zero-order chi connectivity index (χ0) is 21.2. The quantitative estimate of drug-likeness (QED) is 0.678. The molecule has 3 aromatic rings. The number of rotatable bonds is 5. The number of nitrogens with zero attached hydrogens (tertiary/aromatic N) is 2. The van der Waals surface area contributed by atoms with E-state index in [1.165, 1.54) is 24.3 Å². The third-order valence-corrected chi connectivity index (χ3v) is 4.33. The molecule has 0 unspecified atom stereocenters. The van der Waals surface area contributed by atoms with E-state index in [-0.39, 0.29) is 23.6 Å². The van der Waals surface area contributed by atoms with Crippen LogP contribution in [0, 0.1) is 6.92 Å². The molecular formula is C20H19F3N4O2. The number of nitrogens with two attached hydrogens (primary N) is 1. The van der Waals surface area contributed by atoms with E-state index in [2.05, 4.69) is 10.4 Å². The number of hydrogen-bond acceptors (Lipinski definition) is 4. The van der Waals surface area contributed by atoms with Crippen LogP contribution >= 0.6 is 0 Å². The van der Waals surface area contributed by atoms with Gasteiger partial charge in [0, 0.05) is 31.0 Å². The van der Waals surface area contributed by atoms with Gasteiger partial charge in [0.15, 0.2) is 5.76 Å². The van der Waals surface area contributed by atoms with E-state index in [9.17, 15) is 18.0 Å². The predicted octanol–water partition coefficient (Wildman–Crippen LogP) is 3.74. The van der Waals surface area contributed by atoms with Crippen molar-refractivity contribution in [3.63, 3.8) is 0 Å². The summed E-state index contributed by atoms with van der Waals surface area (Å²) in [4.78, 5) is 12.6. The van der Waals surface area contributed by atoms with Gasteiger partial charge in [-0.05, 0) is 36.8 Å². The smallest absolute Gasteiger partial charge is 0.416 e. The lowest BCUT2D eigenvalue weighted by Gasteiger charge is -2.12. The average molecular weight is 404 g/mol. The molecule has 0 aliphatic carbocycles. The van der Waals surface area contributed by atoms with E-state index >= 15 is 0 Å². The molecule has 3 rings (SSSR count). The van der Waals surface area contributed by atoms with Crippen LogP contribution < -0.4 is 11.1 Å². The molecule has 6 nitrogen and oxygen atoms in total. The van der Waals surface area contributed by atoms with Gasteiger partial charge in [0.1, 0.15) is 5.76 Å². The maximum atomic E-state index is 13.2. The summed E-state index contributed by atoms with van der Waals surface area (Å²) < 4.78 is 46.7. The van der Waals surface area contributed by atoms with E-state index in [4.69, 9.17) is 10.2 Å². The molecule has 9 heteroatoms. The lowest BCUT2D eigenvalue weighted by atomic mass is 10.1. The number of aryl methyl sites for hydroxylation is 2. The summed E-state index contributed by atoms with van der Waals surface area (Å²) in [6.45, 7) is 1.55. The molecule has 29 heavy (non-hydrogen) atoms. The number of amides is 1. The fourth-order valence-electron chi connectivity index (χ4n) is 2.91. The van der Waals surface area contributed by atoms with Gasteiger partial charge in [-0.3, -0.25) is 9.48 Å². The zero-order valence-electron chi connectivity index (χ0n) is 15.7. The molecule has 0 aliphatic rings. The second kappa shape index (κ2) is 7.96. The van der Waals surface area contributed by atoms with Gasteiger partial charge in [-0.2, -0.15) is 18.3 Å². The zero-order valence-corrected chi connectivity index (χ0v) is 15.7. The van der Waals surface area contributed by atoms with Crippen molar-refractivity contribution in [2.24, 2.45) is 12.8 Å². The number of alkyl halides is 3. The van der Waals surface area contributed by atoms with Crippen LogP contribution in [0.4, 0.5) is 13.2 Å². The minimum atomic E-state index is -4.52. The van der Waals surface area contributed by atoms with Crippen molar-refractivity contribution in [2.45, 2.75) is 13.1 Å². The molecule has 0 spiro atoms. The Morgan fingerprint density at radius 1 is 1.31 bits per heavy atom. The van der Waals surface area contributed by atoms with E-state index in [1.807, 2.05) is 0 Å². The van der Waals surface area contributed by atoms with Gasteiger partial charge < -0.3 is 15.5 Å². The second-order valence-electron chi connectivity index (χ2n) is 6.33. The molecule has 0 radical (unpaired) electrons. The number of aromatic nitrogens is 2. The summed E-state index contributed by atoms with van der Waals surface area (Å²) in [5.41, 5.74) is 6.31. The van der Waals surface area contributed by atoms with E-state index in [0.29, 0.717) is 11.3 Å². The Morgan fingerprint density at radius 2 is 2.03 bits per heavy atom. The molecule has 0 saturated heterocycles. The maximum Gasteiger partial charge on any atom is 0.416 e. The number of hydrogen-bond donors (Lipinski definition) is 2. The third kappa shape index (κ3) is 4.40. The van der Waals surface area contributed by atoms with Crippen molar-refractivity contribution >= 4 is 12.0 Å². The Hall–Kier alpha value is -3.33. The van der Waals surface area contributed by atoms with Gasteiger partial charge in [-0.15, -0.1) is 0 Å². The van der Waals surface area contributed by atoms with E-state index in [1.54, 1.807) is 37.0 Å². The summed E-state index contributed by atoms with van der Waals surface area (Å²) in [7, 11) is 1.76. The van der Waals surface area contributed by atoms with Crippen LogP contribution in [0.3, 0.4) is 0 Å². The number of nitrogens with one attached hydrogen (secondary N) is 1. The van der Waals surface area contributed by atoms with Crippen LogP contribution in [-0.4, -0.2) is 22.2 Å². The van der Waals surface area contributed by atoms with Crippen LogP contribution in [0.1, 0.15) is 27.4 Å². The fraction of sp³-hybridized carbons (Fsp3) is 0.200. The van der Waals surface area contributed by atoms with Crippen molar-refractivity contribution < 1.29 is 22.4 Å². The topological polar surface area (TPSA) is 86.1 Å². The largest absolute Gasteiger partial charge is 0.455 e. The lowest BCUT2D eigenvalue weighted by Crippen LogP contribution is -2.27. The predicted molar refractivity (Wildman–Crippen MR) is 102 cm³/mol. The number of carbonyl (C=O) groups excluding carboxylic acids is 1. The van der Waals surface area contributed by atoms with Crippen molar-refractivity contribution in [1.82, 2.24) is 15.1 Å². The van der Waals surface area contributed by atoms with Crippen molar-refractivity contribution in [3.8, 4) is 11.3 Å². The van der Waals surface area contributed by atoms with Gasteiger partial charge >= 0.3 is 6.18 Å². The van der Waals surface area contributed by atoms with Gasteiger partial charge in [0.25, 0.3) is 5.91 Å². The highest BCUT2D eigenvalue weighted by Gasteiger charge is 2.32. The molecule has 0 aliphatic heterocycles. The summed E-state index contributed by atoms with van der Waals surface area (Å²) in [5.74, 6) is -0.0793. The molecule has 1 aromatic carbocycles. The lowest BCUT2D eigenvalue weighted by molar-refractivity contribution is -0.137. The minimum Gasteiger partial charge on any atom is -0.455 e. The first-order valence-corrected chi connectivity index (χ1v) is 8.67. The Balaban J connectivity index is 1.87. The minimum absolute atomic E-state index is 0.0159. The molecule has 3 N–H and O–H groups in total. The summed E-state index contributed by atoms with van der Waals surface area (Å²) in [6, 6.07) is 8.39. The monoisotopic (exact) mass is 404 g/mol. The highest BCUT2D eigenvalue weighted by atomic mass is 19.4. The number of carbonyl (C=O) groups is 1. The number of halogens is 3. The van der Waals surface area contributed by atoms with Gasteiger partial charge in [-0.1, -0.05) is 18.2 Å². The van der Waals surface area contributed by atoms with E-state index in [0.717, 1.165) is 11.8 Å². The fourth-order valence-corrected chi connectivity index (χ4v) is 2.91. The highest BCUT2D eigenvalue weighted by molar-refractivity contribution is 5.94. The van der Waals surface area contributed by atoms with Crippen molar-refractivity contribution in [2.75, 3.05) is 6.54 Å². The van der Waals surface area contributed by atoms with E-state index < -0.39 is 17.6 Å². The Bertz CT molecular complexity index is 1060. The average Bonchev–Trinajstić information content (AvgIpc) is 3.25. The summed E-state index contributed by atoms with van der Waals surface area (Å²) in [6.07, 6.45) is -1.69. The van der Waals surface area contributed by atoms with Gasteiger partial charge in [0.05, 0.1) is 11.3 Å². The van der Waals surface area contributed by atoms with Crippen molar-refractivity contribution in [3.05, 3.63) is 70.9 Å². The van der Waals surface area contributed by atoms with Crippen LogP contribution in [0.5, 0.6) is 0 Å². The summed E-state index contributed by atoms with van der Waals surface area (Å²) >= 11 is 0. The molecule has 0 atom stereocenters. The number of furan rings is 1. The molecule has 1 amide bonds. The normalized spacial score (nSPS) is 12.3. The third-order valence-electron chi connectivity index (χ3n) is 4.33. The van der Waals surface area contributed by atoms with Crippen LogP contribution in [-0.2, 0) is 13.2 Å². The Kier molecular flexibility index (Phi) is 5.60. The first-order chi connectivity index (χ1) is 13.7. The van der Waals surface area contributed by atoms with Crippen LogP contribution in [0.2, 0.25) is 0 Å². The highest BCUT2D eigenvalue weighted by Crippen LogP contribution is 2.32. The molecule has 2 aromatic heterocycles. The first-order valence-electron chi connectivity index (χ1n) is 8.67. The maximum absolute atomic E-state index is 13.2. The second-order valence-corrected chi connectivity index (χ2v) is 6.33. The van der Waals surface area contributed by atoms with Gasteiger partial charge in [0.2, 0.25) is 0 Å². The summed E-state index contributed by atoms with van der Waals surface area (Å²) in [5, 5.41) is 6.61. The standard InChI is InChI=1S/C20H19F3N4O2/c1-12-15(17-7-8-25-27(17)2)10-18(29-12)19(28)26-14(11-24)9-13-5-3-4-6-16(13)20(21,22)23/h3-10H,11,24H2,1-2H3,(H,26,28)/b14-9+. The van der Waals surface area contributed by atoms with Crippen LogP contribution in [0.25, 0.3) is 17.3 Å². The molecule has 0 bridgehead atoms. The number of benzene rings is 1. The van der Waals surface area contributed by atoms with Crippen LogP contribution in [0.15, 0.2) is 52.7 Å². The molecule has 152 valence electrons.